The highest BCUT2D eigenvalue weighted by Crippen LogP contribution is 2.32. The van der Waals surface area contributed by atoms with Gasteiger partial charge in [-0.2, -0.15) is 0 Å². The van der Waals surface area contributed by atoms with E-state index in [1.54, 1.807) is 0 Å². The molecule has 0 heterocycles. The Kier molecular flexibility index (Phi) is 7.70. The Labute approximate surface area is 145 Å². The van der Waals surface area contributed by atoms with Crippen molar-refractivity contribution in [1.82, 2.24) is 0 Å². The van der Waals surface area contributed by atoms with Gasteiger partial charge in [-0.05, 0) is 61.6 Å². The molecule has 0 saturated heterocycles. The van der Waals surface area contributed by atoms with Gasteiger partial charge in [0.15, 0.2) is 0 Å². The van der Waals surface area contributed by atoms with Crippen molar-refractivity contribution in [3.05, 3.63) is 0 Å². The Bertz CT molecular complexity index is 302. The quantitative estimate of drug-likeness (QED) is 0.473. The van der Waals surface area contributed by atoms with Crippen molar-refractivity contribution in [3.63, 3.8) is 0 Å². The Morgan fingerprint density at radius 2 is 0.500 bits per heavy atom. The van der Waals surface area contributed by atoms with E-state index in [4.69, 9.17) is 0 Å². The lowest BCUT2D eigenvalue weighted by atomic mass is 10.00. The van der Waals surface area contributed by atoms with Gasteiger partial charge in [0.1, 0.15) is 0 Å². The first-order valence-electron chi connectivity index (χ1n) is 9.08. The largest absolute Gasteiger partial charge is 0.0602 e. The Hall–Kier alpha value is 0.434. The summed E-state index contributed by atoms with van der Waals surface area (Å²) in [6, 6.07) is 5.98. The maximum atomic E-state index is 2.45. The van der Waals surface area contributed by atoms with Gasteiger partial charge in [0.25, 0.3) is 0 Å². The average molecular weight is 341 g/mol. The van der Waals surface area contributed by atoms with Crippen LogP contribution in [0.2, 0.25) is 24.2 Å². The highest BCUT2D eigenvalue weighted by molar-refractivity contribution is 6.96. The third kappa shape index (κ3) is 12.9. The third-order valence-electron chi connectivity index (χ3n) is 3.47. The zero-order valence-corrected chi connectivity index (χ0v) is 19.8. The Balaban J connectivity index is 5.81. The number of rotatable bonds is 4. The molecule has 0 aliphatic heterocycles. The summed E-state index contributed by atoms with van der Waals surface area (Å²) < 4.78 is 0. The minimum atomic E-state index is -0.262. The average Bonchev–Trinajstić information content (AvgIpc) is 2.05. The minimum Gasteiger partial charge on any atom is -0.0602 e. The van der Waals surface area contributed by atoms with E-state index in [2.05, 4.69) is 83.1 Å². The van der Waals surface area contributed by atoms with Crippen molar-refractivity contribution < 1.29 is 0 Å². The van der Waals surface area contributed by atoms with E-state index < -0.39 is 0 Å². The second-order valence-corrected chi connectivity index (χ2v) is 20.2. The lowest BCUT2D eigenvalue weighted by Crippen LogP contribution is -2.32. The first kappa shape index (κ1) is 22.4. The van der Waals surface area contributed by atoms with Crippen molar-refractivity contribution in [2.24, 2.45) is 21.7 Å². The number of hydrogen-bond acceptors (Lipinski definition) is 0. The van der Waals surface area contributed by atoms with Crippen molar-refractivity contribution >= 4 is 15.8 Å². The van der Waals surface area contributed by atoms with Crippen LogP contribution in [0.5, 0.6) is 0 Å². The molecule has 0 radical (unpaired) electrons. The van der Waals surface area contributed by atoms with Crippen LogP contribution in [0.4, 0.5) is 0 Å². The van der Waals surface area contributed by atoms with Crippen LogP contribution < -0.4 is 0 Å². The van der Waals surface area contributed by atoms with Gasteiger partial charge in [0.05, 0.1) is 0 Å². The lowest BCUT2D eigenvalue weighted by molar-refractivity contribution is 0.436. The van der Waals surface area contributed by atoms with Crippen molar-refractivity contribution in [3.8, 4) is 0 Å². The van der Waals surface area contributed by atoms with E-state index in [9.17, 15) is 0 Å². The molecule has 0 nitrogen and oxygen atoms in total. The lowest BCUT2D eigenvalue weighted by Gasteiger charge is -2.32. The van der Waals surface area contributed by atoms with Gasteiger partial charge in [-0.3, -0.25) is 0 Å². The van der Waals surface area contributed by atoms with E-state index in [0.717, 1.165) is 0 Å². The summed E-state index contributed by atoms with van der Waals surface area (Å²) in [6.45, 7) is 29.4. The van der Waals surface area contributed by atoms with Crippen LogP contribution in [0, 0.1) is 21.7 Å². The van der Waals surface area contributed by atoms with Crippen LogP contribution in [-0.2, 0) is 0 Å². The van der Waals surface area contributed by atoms with Crippen LogP contribution >= 0.6 is 0 Å². The van der Waals surface area contributed by atoms with E-state index in [1.165, 1.54) is 24.2 Å². The smallest absolute Gasteiger partial charge is 0.0109 e. The summed E-state index contributed by atoms with van der Waals surface area (Å²) in [4.78, 5) is 0. The standard InChI is InChI=1S/C20H44Si2/c1-17(2,3)13-21(14-18(4,5)6)22(15-19(7,8)9)16-20(10,11)12/h13-16H2,1-12H3. The first-order chi connectivity index (χ1) is 9.38. The highest BCUT2D eigenvalue weighted by atomic mass is 28.9. The molecule has 0 saturated carbocycles. The monoisotopic (exact) mass is 340 g/mol. The molecule has 0 aliphatic rings. The molecule has 132 valence electrons. The highest BCUT2D eigenvalue weighted by Gasteiger charge is 2.27. The second-order valence-electron chi connectivity index (χ2n) is 12.2. The second kappa shape index (κ2) is 7.55. The van der Waals surface area contributed by atoms with E-state index in [0.29, 0.717) is 21.7 Å². The van der Waals surface area contributed by atoms with E-state index >= 15 is 0 Å². The van der Waals surface area contributed by atoms with Gasteiger partial charge in [0, 0.05) is 0 Å². The molecule has 0 aromatic heterocycles. The predicted molar refractivity (Wildman–Crippen MR) is 109 cm³/mol. The molecule has 0 aliphatic carbocycles. The fraction of sp³-hybridized carbons (Fsp3) is 1.00. The van der Waals surface area contributed by atoms with E-state index in [1.807, 2.05) is 0 Å². The van der Waals surface area contributed by atoms with Gasteiger partial charge in [0.2, 0.25) is 0 Å². The molecule has 0 fully saturated rings. The molecule has 0 N–H and O–H groups in total. The molecule has 0 aromatic rings. The van der Waals surface area contributed by atoms with E-state index in [-0.39, 0.29) is 15.8 Å². The molecular weight excluding hydrogens is 296 g/mol. The minimum absolute atomic E-state index is 0.262. The Morgan fingerprint density at radius 1 is 0.364 bits per heavy atom. The third-order valence-corrected chi connectivity index (χ3v) is 15.5. The first-order valence-corrected chi connectivity index (χ1v) is 13.9. The molecule has 0 atom stereocenters. The van der Waals surface area contributed by atoms with Crippen molar-refractivity contribution in [1.29, 1.82) is 0 Å². The van der Waals surface area contributed by atoms with Crippen LogP contribution in [0.25, 0.3) is 0 Å². The summed E-state index contributed by atoms with van der Waals surface area (Å²) >= 11 is 0. The van der Waals surface area contributed by atoms with Crippen molar-refractivity contribution in [2.75, 3.05) is 0 Å². The molecule has 0 amide bonds. The maximum Gasteiger partial charge on any atom is -0.0109 e. The van der Waals surface area contributed by atoms with Gasteiger partial charge in [-0.1, -0.05) is 83.1 Å². The summed E-state index contributed by atoms with van der Waals surface area (Å²) in [7, 11) is -0.524. The molecule has 2 heteroatoms. The topological polar surface area (TPSA) is 0 Å². The molecule has 0 rings (SSSR count). The molecule has 0 aromatic carbocycles. The molecule has 0 bridgehead atoms. The zero-order valence-electron chi connectivity index (χ0n) is 17.8. The normalized spacial score (nSPS) is 14.2. The van der Waals surface area contributed by atoms with Crippen LogP contribution in [-0.4, -0.2) is 15.8 Å². The number of hydrogen-bond donors (Lipinski definition) is 0. The van der Waals surface area contributed by atoms with Gasteiger partial charge < -0.3 is 0 Å². The molecular formula is C20H44Si2. The van der Waals surface area contributed by atoms with Crippen LogP contribution in [0.1, 0.15) is 83.1 Å². The maximum absolute atomic E-state index is 2.45. The van der Waals surface area contributed by atoms with Gasteiger partial charge in [-0.25, -0.2) is 0 Å². The Morgan fingerprint density at radius 3 is 0.591 bits per heavy atom. The van der Waals surface area contributed by atoms with Gasteiger partial charge in [-0.15, -0.1) is 0 Å². The molecule has 0 spiro atoms. The van der Waals surface area contributed by atoms with Crippen molar-refractivity contribution in [2.45, 2.75) is 107 Å². The summed E-state index contributed by atoms with van der Waals surface area (Å²) in [6.07, 6.45) is 0. The fourth-order valence-corrected chi connectivity index (χ4v) is 18.9. The fourth-order valence-electron chi connectivity index (χ4n) is 3.19. The summed E-state index contributed by atoms with van der Waals surface area (Å²) in [5.74, 6) is 0. The zero-order chi connectivity index (χ0) is 18.0. The summed E-state index contributed by atoms with van der Waals surface area (Å²) in [5.41, 5.74) is 1.97. The summed E-state index contributed by atoms with van der Waals surface area (Å²) in [5, 5.41) is 0. The molecule has 22 heavy (non-hydrogen) atoms. The van der Waals surface area contributed by atoms with Crippen LogP contribution in [0.3, 0.4) is 0 Å². The van der Waals surface area contributed by atoms with Gasteiger partial charge >= 0.3 is 0 Å². The molecule has 0 unspecified atom stereocenters. The van der Waals surface area contributed by atoms with Crippen LogP contribution in [0.15, 0.2) is 0 Å². The SMILES string of the molecule is CC(C)(C)C[Si](CC(C)(C)C)=[Si](CC(C)(C)C)CC(C)(C)C. The predicted octanol–water partition coefficient (Wildman–Crippen LogP) is 7.24.